The van der Waals surface area contributed by atoms with E-state index < -0.39 is 5.97 Å². The van der Waals surface area contributed by atoms with Crippen LogP contribution in [0.3, 0.4) is 0 Å². The molecule has 0 spiro atoms. The molecule has 2 aromatic heterocycles. The topological polar surface area (TPSA) is 69.9 Å². The lowest BCUT2D eigenvalue weighted by atomic mass is 9.73. The second kappa shape index (κ2) is 7.02. The van der Waals surface area contributed by atoms with Crippen LogP contribution in [0, 0.1) is 11.3 Å². The summed E-state index contributed by atoms with van der Waals surface area (Å²) in [6.45, 7) is 10.3. The average molecular weight is 378 g/mol. The number of aromatic nitrogens is 2. The predicted octanol–water partition coefficient (Wildman–Crippen LogP) is 3.79. The van der Waals surface area contributed by atoms with Gasteiger partial charge in [0.2, 0.25) is 0 Å². The smallest absolute Gasteiger partial charge is 0.359 e. The van der Waals surface area contributed by atoms with Crippen LogP contribution in [0.4, 0.5) is 0 Å². The SMILES string of the molecule is CCOC(=O)c1nc2sc3c(n2c1COC(C)=O)CCC(C(C)(C)C)C3. The van der Waals surface area contributed by atoms with Crippen molar-refractivity contribution in [1.29, 1.82) is 0 Å². The molecule has 0 amide bonds. The molecule has 26 heavy (non-hydrogen) atoms. The van der Waals surface area contributed by atoms with Crippen LogP contribution >= 0.6 is 11.3 Å². The van der Waals surface area contributed by atoms with Gasteiger partial charge >= 0.3 is 11.9 Å². The molecule has 7 heteroatoms. The minimum Gasteiger partial charge on any atom is -0.461 e. The Morgan fingerprint density at radius 3 is 2.65 bits per heavy atom. The molecular formula is C19H26N2O4S. The molecule has 0 aliphatic heterocycles. The molecule has 2 heterocycles. The van der Waals surface area contributed by atoms with Gasteiger partial charge in [0.25, 0.3) is 0 Å². The highest BCUT2D eigenvalue weighted by atomic mass is 32.1. The van der Waals surface area contributed by atoms with Gasteiger partial charge in [-0.2, -0.15) is 0 Å². The number of nitrogens with zero attached hydrogens (tertiary/aromatic N) is 2. The quantitative estimate of drug-likeness (QED) is 0.757. The molecule has 0 saturated heterocycles. The summed E-state index contributed by atoms with van der Waals surface area (Å²) in [4.78, 5) is 30.2. The summed E-state index contributed by atoms with van der Waals surface area (Å²) >= 11 is 1.63. The molecule has 0 aromatic carbocycles. The van der Waals surface area contributed by atoms with E-state index in [-0.39, 0.29) is 30.3 Å². The monoisotopic (exact) mass is 378 g/mol. The second-order valence-corrected chi connectivity index (χ2v) is 8.87. The maximum atomic E-state index is 12.3. The summed E-state index contributed by atoms with van der Waals surface area (Å²) in [5, 5.41) is 0. The van der Waals surface area contributed by atoms with Crippen molar-refractivity contribution in [2.45, 2.75) is 60.5 Å². The minimum absolute atomic E-state index is 0.0243. The molecule has 3 rings (SSSR count). The summed E-state index contributed by atoms with van der Waals surface area (Å²) in [6, 6.07) is 0. The number of hydrogen-bond donors (Lipinski definition) is 0. The minimum atomic E-state index is -0.470. The van der Waals surface area contributed by atoms with Crippen LogP contribution in [0.15, 0.2) is 0 Å². The lowest BCUT2D eigenvalue weighted by Crippen LogP contribution is -2.26. The number of carbonyl (C=O) groups excluding carboxylic acids is 2. The van der Waals surface area contributed by atoms with Gasteiger partial charge in [-0.15, -0.1) is 11.3 Å². The van der Waals surface area contributed by atoms with Crippen LogP contribution in [-0.4, -0.2) is 27.9 Å². The maximum absolute atomic E-state index is 12.3. The van der Waals surface area contributed by atoms with Gasteiger partial charge in [0.05, 0.1) is 12.3 Å². The number of carbonyl (C=O) groups is 2. The molecule has 0 N–H and O–H groups in total. The van der Waals surface area contributed by atoms with E-state index in [9.17, 15) is 9.59 Å². The first-order valence-electron chi connectivity index (χ1n) is 9.04. The van der Waals surface area contributed by atoms with Crippen LogP contribution < -0.4 is 0 Å². The highest BCUT2D eigenvalue weighted by Gasteiger charge is 2.33. The van der Waals surface area contributed by atoms with Gasteiger partial charge in [-0.05, 0) is 37.5 Å². The van der Waals surface area contributed by atoms with E-state index in [0.29, 0.717) is 11.6 Å². The summed E-state index contributed by atoms with van der Waals surface area (Å²) in [7, 11) is 0. The molecule has 0 saturated carbocycles. The molecular weight excluding hydrogens is 352 g/mol. The number of ether oxygens (including phenoxy) is 2. The second-order valence-electron chi connectivity index (χ2n) is 7.80. The van der Waals surface area contributed by atoms with Gasteiger partial charge < -0.3 is 9.47 Å². The number of thiazole rings is 1. The normalized spacial score (nSPS) is 17.2. The lowest BCUT2D eigenvalue weighted by molar-refractivity contribution is -0.142. The number of rotatable bonds is 4. The van der Waals surface area contributed by atoms with E-state index in [2.05, 4.69) is 25.8 Å². The molecule has 6 nitrogen and oxygen atoms in total. The Bertz CT molecular complexity index is 844. The molecule has 2 aromatic rings. The van der Waals surface area contributed by atoms with Crippen molar-refractivity contribution in [3.63, 3.8) is 0 Å². The third-order valence-electron chi connectivity index (χ3n) is 5.02. The van der Waals surface area contributed by atoms with Crippen LogP contribution in [0.1, 0.15) is 67.8 Å². The fourth-order valence-electron chi connectivity index (χ4n) is 3.52. The fourth-order valence-corrected chi connectivity index (χ4v) is 4.79. The van der Waals surface area contributed by atoms with Crippen molar-refractivity contribution in [3.05, 3.63) is 22.0 Å². The Labute approximate surface area is 157 Å². The van der Waals surface area contributed by atoms with Crippen LogP contribution in [0.25, 0.3) is 4.96 Å². The van der Waals surface area contributed by atoms with Gasteiger partial charge in [0.15, 0.2) is 10.7 Å². The van der Waals surface area contributed by atoms with Crippen LogP contribution in [0.2, 0.25) is 0 Å². The molecule has 0 bridgehead atoms. The highest BCUT2D eigenvalue weighted by molar-refractivity contribution is 7.17. The van der Waals surface area contributed by atoms with E-state index in [1.165, 1.54) is 17.5 Å². The summed E-state index contributed by atoms with van der Waals surface area (Å²) in [5.41, 5.74) is 2.32. The predicted molar refractivity (Wildman–Crippen MR) is 99.5 cm³/mol. The first kappa shape index (κ1) is 18.9. The zero-order chi connectivity index (χ0) is 19.1. The van der Waals surface area contributed by atoms with Gasteiger partial charge in [0.1, 0.15) is 6.61 Å². The van der Waals surface area contributed by atoms with Crippen molar-refractivity contribution >= 4 is 28.2 Å². The Hall–Kier alpha value is -1.89. The Morgan fingerprint density at radius 2 is 2.04 bits per heavy atom. The number of fused-ring (bicyclic) bond motifs is 3. The van der Waals surface area contributed by atoms with Gasteiger partial charge in [-0.1, -0.05) is 20.8 Å². The van der Waals surface area contributed by atoms with Crippen molar-refractivity contribution in [2.75, 3.05) is 6.61 Å². The van der Waals surface area contributed by atoms with E-state index in [1.807, 2.05) is 4.40 Å². The van der Waals surface area contributed by atoms with Gasteiger partial charge in [-0.3, -0.25) is 9.20 Å². The molecule has 142 valence electrons. The van der Waals surface area contributed by atoms with Crippen molar-refractivity contribution in [3.8, 4) is 0 Å². The molecule has 1 aliphatic rings. The van der Waals surface area contributed by atoms with Crippen LogP contribution in [-0.2, 0) is 33.7 Å². The van der Waals surface area contributed by atoms with Gasteiger partial charge in [0, 0.05) is 17.5 Å². The van der Waals surface area contributed by atoms with Crippen molar-refractivity contribution < 1.29 is 19.1 Å². The zero-order valence-corrected chi connectivity index (χ0v) is 16.9. The third-order valence-corrected chi connectivity index (χ3v) is 6.12. The third kappa shape index (κ3) is 3.49. The van der Waals surface area contributed by atoms with E-state index in [0.717, 1.165) is 24.2 Å². The number of imidazole rings is 1. The molecule has 1 aliphatic carbocycles. The number of esters is 2. The molecule has 1 atom stereocenters. The summed E-state index contributed by atoms with van der Waals surface area (Å²) in [6.07, 6.45) is 3.06. The average Bonchev–Trinajstić information content (AvgIpc) is 3.07. The molecule has 1 unspecified atom stereocenters. The molecule has 0 radical (unpaired) electrons. The van der Waals surface area contributed by atoms with Gasteiger partial charge in [-0.25, -0.2) is 9.78 Å². The van der Waals surface area contributed by atoms with E-state index in [4.69, 9.17) is 9.47 Å². The summed E-state index contributed by atoms with van der Waals surface area (Å²) in [5.74, 6) is -0.228. The van der Waals surface area contributed by atoms with Crippen molar-refractivity contribution in [2.24, 2.45) is 11.3 Å². The van der Waals surface area contributed by atoms with E-state index >= 15 is 0 Å². The lowest BCUT2D eigenvalue weighted by Gasteiger charge is -2.33. The van der Waals surface area contributed by atoms with Crippen LogP contribution in [0.5, 0.6) is 0 Å². The standard InChI is InChI=1S/C19H26N2O4S/c1-6-24-17(23)16-14(10-25-11(2)22)21-13-8-7-12(19(3,4)5)9-15(13)26-18(21)20-16/h12H,6-10H2,1-5H3. The zero-order valence-electron chi connectivity index (χ0n) is 16.0. The molecule has 0 fully saturated rings. The fraction of sp³-hybridized carbons (Fsp3) is 0.632. The Morgan fingerprint density at radius 1 is 1.31 bits per heavy atom. The Kier molecular flexibility index (Phi) is 5.10. The number of aryl methyl sites for hydroxylation is 1. The summed E-state index contributed by atoms with van der Waals surface area (Å²) < 4.78 is 12.3. The first-order valence-corrected chi connectivity index (χ1v) is 9.86. The maximum Gasteiger partial charge on any atom is 0.359 e. The van der Waals surface area contributed by atoms with Crippen molar-refractivity contribution in [1.82, 2.24) is 9.38 Å². The van der Waals surface area contributed by atoms with E-state index in [1.54, 1.807) is 18.3 Å². The highest BCUT2D eigenvalue weighted by Crippen LogP contribution is 2.41. The Balaban J connectivity index is 2.04. The largest absolute Gasteiger partial charge is 0.461 e. The first-order chi connectivity index (χ1) is 12.2. The number of hydrogen-bond acceptors (Lipinski definition) is 6.